The van der Waals surface area contributed by atoms with Crippen molar-refractivity contribution in [3.8, 4) is 6.07 Å². The van der Waals surface area contributed by atoms with Crippen LogP contribution in [0.25, 0.3) is 0 Å². The summed E-state index contributed by atoms with van der Waals surface area (Å²) < 4.78 is 14.0. The minimum atomic E-state index is -0.410. The average molecular weight is 300 g/mol. The van der Waals surface area contributed by atoms with Gasteiger partial charge in [-0.05, 0) is 43.3 Å². The molecule has 4 heteroatoms. The summed E-state index contributed by atoms with van der Waals surface area (Å²) >= 11 is 1.57. The van der Waals surface area contributed by atoms with E-state index in [-0.39, 0.29) is 11.6 Å². The Hall–Kier alpha value is -1.83. The number of nitrogens with one attached hydrogen (secondary N) is 1. The third-order valence-electron chi connectivity index (χ3n) is 3.38. The van der Waals surface area contributed by atoms with Gasteiger partial charge in [-0.2, -0.15) is 5.26 Å². The first-order valence-electron chi connectivity index (χ1n) is 6.73. The Labute approximate surface area is 129 Å². The molecule has 1 unspecified atom stereocenters. The van der Waals surface area contributed by atoms with Crippen LogP contribution in [0.1, 0.15) is 29.7 Å². The van der Waals surface area contributed by atoms with Gasteiger partial charge in [0.1, 0.15) is 11.9 Å². The van der Waals surface area contributed by atoms with Crippen LogP contribution in [0.5, 0.6) is 0 Å². The van der Waals surface area contributed by atoms with Gasteiger partial charge in [-0.3, -0.25) is 0 Å². The molecule has 2 rings (SSSR count). The summed E-state index contributed by atoms with van der Waals surface area (Å²) in [6.45, 7) is 2.10. The summed E-state index contributed by atoms with van der Waals surface area (Å²) in [4.78, 5) is 1.09. The van der Waals surface area contributed by atoms with Crippen molar-refractivity contribution in [3.63, 3.8) is 0 Å². The van der Waals surface area contributed by atoms with E-state index in [2.05, 4.69) is 24.4 Å². The van der Waals surface area contributed by atoms with Gasteiger partial charge in [-0.25, -0.2) is 4.39 Å². The number of halogens is 1. The summed E-state index contributed by atoms with van der Waals surface area (Å²) in [7, 11) is 1.92. The molecule has 0 spiro atoms. The number of hydrogen-bond acceptors (Lipinski definition) is 3. The maximum atomic E-state index is 14.0. The molecule has 2 aromatic carbocycles. The molecule has 0 radical (unpaired) electrons. The van der Waals surface area contributed by atoms with E-state index in [9.17, 15) is 4.39 Å². The van der Waals surface area contributed by atoms with Gasteiger partial charge in [-0.15, -0.1) is 11.8 Å². The zero-order chi connectivity index (χ0) is 15.2. The molecule has 21 heavy (non-hydrogen) atoms. The van der Waals surface area contributed by atoms with Crippen molar-refractivity contribution in [1.29, 1.82) is 5.26 Å². The Kier molecular flexibility index (Phi) is 5.38. The Morgan fingerprint density at radius 2 is 2.05 bits per heavy atom. The summed E-state index contributed by atoms with van der Waals surface area (Å²) in [5.74, 6) is 0.103. The molecule has 0 aliphatic carbocycles. The first kappa shape index (κ1) is 15.6. The molecule has 1 N–H and O–H groups in total. The Bertz CT molecular complexity index is 664. The molecular formula is C17H17FN2S. The first-order valence-corrected chi connectivity index (χ1v) is 7.71. The number of hydrogen-bond donors (Lipinski definition) is 1. The fraction of sp³-hybridized carbons (Fsp3) is 0.235. The fourth-order valence-electron chi connectivity index (χ4n) is 1.98. The summed E-state index contributed by atoms with van der Waals surface area (Å²) in [6, 6.07) is 15.3. The van der Waals surface area contributed by atoms with Gasteiger partial charge in [0, 0.05) is 16.7 Å². The highest BCUT2D eigenvalue weighted by Crippen LogP contribution is 2.27. The van der Waals surface area contributed by atoms with E-state index < -0.39 is 5.82 Å². The molecule has 0 aromatic heterocycles. The van der Waals surface area contributed by atoms with E-state index in [0.29, 0.717) is 11.3 Å². The smallest absolute Gasteiger partial charge is 0.144 e. The van der Waals surface area contributed by atoms with Crippen LogP contribution in [0.4, 0.5) is 4.39 Å². The van der Waals surface area contributed by atoms with Crippen molar-refractivity contribution in [3.05, 3.63) is 65.0 Å². The van der Waals surface area contributed by atoms with Crippen LogP contribution < -0.4 is 5.32 Å². The second kappa shape index (κ2) is 7.26. The SMILES string of the molecule is CNC(C)c1cccc(SCc2cccc(C#N)c2F)c1. The highest BCUT2D eigenvalue weighted by Gasteiger charge is 2.08. The number of rotatable bonds is 5. The molecule has 1 atom stereocenters. The lowest BCUT2D eigenvalue weighted by Gasteiger charge is -2.12. The molecule has 0 saturated heterocycles. The van der Waals surface area contributed by atoms with Crippen LogP contribution >= 0.6 is 11.8 Å². The summed E-state index contributed by atoms with van der Waals surface area (Å²) in [5.41, 5.74) is 1.87. The van der Waals surface area contributed by atoms with Crippen LogP contribution in [0, 0.1) is 17.1 Å². The van der Waals surface area contributed by atoms with Crippen molar-refractivity contribution >= 4 is 11.8 Å². The predicted molar refractivity (Wildman–Crippen MR) is 84.6 cm³/mol. The molecule has 0 aliphatic rings. The van der Waals surface area contributed by atoms with E-state index in [1.54, 1.807) is 23.9 Å². The maximum absolute atomic E-state index is 14.0. The lowest BCUT2D eigenvalue weighted by Crippen LogP contribution is -2.11. The van der Waals surface area contributed by atoms with Gasteiger partial charge in [0.2, 0.25) is 0 Å². The Morgan fingerprint density at radius 1 is 1.29 bits per heavy atom. The van der Waals surface area contributed by atoms with Gasteiger partial charge in [0.05, 0.1) is 5.56 Å². The van der Waals surface area contributed by atoms with Crippen molar-refractivity contribution < 1.29 is 4.39 Å². The number of benzene rings is 2. The molecule has 2 nitrogen and oxygen atoms in total. The molecule has 0 fully saturated rings. The standard InChI is InChI=1S/C17H17FN2S/c1-12(20-2)13-5-4-8-16(9-13)21-11-15-7-3-6-14(10-19)17(15)18/h3-9,12,20H,11H2,1-2H3. The predicted octanol–water partition coefficient (Wildman–Crippen LogP) is 4.27. The van der Waals surface area contributed by atoms with Gasteiger partial charge >= 0.3 is 0 Å². The second-order valence-electron chi connectivity index (χ2n) is 4.76. The molecule has 0 amide bonds. The average Bonchev–Trinajstić information content (AvgIpc) is 2.53. The monoisotopic (exact) mass is 300 g/mol. The molecular weight excluding hydrogens is 283 g/mol. The minimum absolute atomic E-state index is 0.102. The first-order chi connectivity index (χ1) is 10.2. The van der Waals surface area contributed by atoms with Crippen molar-refractivity contribution in [2.24, 2.45) is 0 Å². The van der Waals surface area contributed by atoms with Gasteiger partial charge in [0.25, 0.3) is 0 Å². The van der Waals surface area contributed by atoms with Crippen LogP contribution in [0.2, 0.25) is 0 Å². The summed E-state index contributed by atoms with van der Waals surface area (Å²) in [5, 5.41) is 12.1. The third-order valence-corrected chi connectivity index (χ3v) is 4.43. The van der Waals surface area contributed by atoms with E-state index in [1.165, 1.54) is 11.6 Å². The van der Waals surface area contributed by atoms with E-state index in [0.717, 1.165) is 4.90 Å². The van der Waals surface area contributed by atoms with Gasteiger partial charge < -0.3 is 5.32 Å². The lowest BCUT2D eigenvalue weighted by molar-refractivity contribution is 0.613. The van der Waals surface area contributed by atoms with Gasteiger partial charge in [0.15, 0.2) is 0 Å². The zero-order valence-corrected chi connectivity index (χ0v) is 12.9. The molecule has 0 saturated carbocycles. The topological polar surface area (TPSA) is 35.8 Å². The molecule has 108 valence electrons. The quantitative estimate of drug-likeness (QED) is 0.838. The lowest BCUT2D eigenvalue weighted by atomic mass is 10.1. The maximum Gasteiger partial charge on any atom is 0.144 e. The Balaban J connectivity index is 2.12. The normalized spacial score (nSPS) is 11.9. The molecule has 0 heterocycles. The van der Waals surface area contributed by atoms with E-state index in [4.69, 9.17) is 5.26 Å². The van der Waals surface area contributed by atoms with Crippen molar-refractivity contribution in [2.45, 2.75) is 23.6 Å². The van der Waals surface area contributed by atoms with E-state index >= 15 is 0 Å². The minimum Gasteiger partial charge on any atom is -0.313 e. The number of nitriles is 1. The second-order valence-corrected chi connectivity index (χ2v) is 5.81. The highest BCUT2D eigenvalue weighted by molar-refractivity contribution is 7.98. The van der Waals surface area contributed by atoms with Gasteiger partial charge in [-0.1, -0.05) is 24.3 Å². The Morgan fingerprint density at radius 3 is 2.76 bits per heavy atom. The highest BCUT2D eigenvalue weighted by atomic mass is 32.2. The number of thioether (sulfide) groups is 1. The van der Waals surface area contributed by atoms with Crippen LogP contribution in [-0.4, -0.2) is 7.05 Å². The van der Waals surface area contributed by atoms with Crippen LogP contribution in [0.3, 0.4) is 0 Å². The molecule has 0 bridgehead atoms. The van der Waals surface area contributed by atoms with Crippen LogP contribution in [0.15, 0.2) is 47.4 Å². The van der Waals surface area contributed by atoms with Crippen LogP contribution in [-0.2, 0) is 5.75 Å². The largest absolute Gasteiger partial charge is 0.313 e. The van der Waals surface area contributed by atoms with E-state index in [1.807, 2.05) is 25.2 Å². The van der Waals surface area contributed by atoms with Crippen molar-refractivity contribution in [2.75, 3.05) is 7.05 Å². The third kappa shape index (κ3) is 3.84. The fourth-order valence-corrected chi connectivity index (χ4v) is 2.92. The summed E-state index contributed by atoms with van der Waals surface area (Å²) in [6.07, 6.45) is 0. The molecule has 2 aromatic rings. The number of nitrogens with zero attached hydrogens (tertiary/aromatic N) is 1. The molecule has 0 aliphatic heterocycles. The zero-order valence-electron chi connectivity index (χ0n) is 12.1. The van der Waals surface area contributed by atoms with Crippen molar-refractivity contribution in [1.82, 2.24) is 5.32 Å².